The van der Waals surface area contributed by atoms with Gasteiger partial charge in [-0.1, -0.05) is 0 Å². The molecule has 1 aromatic heterocycles. The molecule has 3 N–H and O–H groups in total. The number of hydroxylamine groups is 1. The van der Waals surface area contributed by atoms with Gasteiger partial charge in [0.1, 0.15) is 0 Å². The highest BCUT2D eigenvalue weighted by molar-refractivity contribution is 5.93. The molecule has 2 aromatic rings. The molecule has 12 heteroatoms. The van der Waals surface area contributed by atoms with Crippen LogP contribution in [0.4, 0.5) is 13.6 Å². The van der Waals surface area contributed by atoms with E-state index in [1.54, 1.807) is 0 Å². The molecule has 34 heavy (non-hydrogen) atoms. The van der Waals surface area contributed by atoms with Gasteiger partial charge in [-0.3, -0.25) is 9.63 Å². The van der Waals surface area contributed by atoms with Crippen molar-refractivity contribution in [3.63, 3.8) is 0 Å². The maximum absolute atomic E-state index is 12.8. The number of nitrogens with one attached hydrogen (secondary N) is 1. The minimum Gasteiger partial charge on any atom is -0.489 e. The first-order chi connectivity index (χ1) is 16.3. The summed E-state index contributed by atoms with van der Waals surface area (Å²) < 4.78 is 46.5. The summed E-state index contributed by atoms with van der Waals surface area (Å²) in [5, 5.41) is 0. The fourth-order valence-corrected chi connectivity index (χ4v) is 3.12. The van der Waals surface area contributed by atoms with Gasteiger partial charge in [0.2, 0.25) is 5.89 Å². The molecule has 2 saturated carbocycles. The van der Waals surface area contributed by atoms with E-state index in [-0.39, 0.29) is 28.8 Å². The van der Waals surface area contributed by atoms with Crippen LogP contribution in [-0.2, 0) is 9.57 Å². The molecule has 0 unspecified atom stereocenters. The van der Waals surface area contributed by atoms with Gasteiger partial charge in [-0.15, -0.1) is 0 Å². The predicted molar refractivity (Wildman–Crippen MR) is 112 cm³/mol. The third-order valence-corrected chi connectivity index (χ3v) is 5.29. The number of oxazole rings is 1. The zero-order valence-electron chi connectivity index (χ0n) is 18.4. The average molecular weight is 481 g/mol. The molecule has 2 aliphatic rings. The second kappa shape index (κ2) is 10.2. The molecule has 0 bridgehead atoms. The number of hydrogen-bond acceptors (Lipinski definition) is 8. The number of nitrogens with zero attached hydrogens (tertiary/aromatic N) is 1. The molecule has 0 radical (unpaired) electrons. The minimum atomic E-state index is -3.03. The van der Waals surface area contributed by atoms with E-state index in [1.807, 2.05) is 0 Å². The number of rotatable bonds is 12. The summed E-state index contributed by atoms with van der Waals surface area (Å²) in [5.41, 5.74) is 7.56. The lowest BCUT2D eigenvalue weighted by molar-refractivity contribution is -0.0515. The van der Waals surface area contributed by atoms with Crippen LogP contribution in [0.25, 0.3) is 11.5 Å². The Bertz CT molecular complexity index is 1040. The van der Waals surface area contributed by atoms with Crippen LogP contribution in [0, 0.1) is 11.8 Å². The molecule has 0 saturated heterocycles. The maximum Gasteiger partial charge on any atom is 0.405 e. The number of carbonyl (C=O) groups is 2. The highest BCUT2D eigenvalue weighted by atomic mass is 19.3. The molecule has 0 aliphatic heterocycles. The van der Waals surface area contributed by atoms with Crippen molar-refractivity contribution in [1.82, 2.24) is 10.5 Å². The first kappa shape index (κ1) is 23.7. The summed E-state index contributed by atoms with van der Waals surface area (Å²) in [7, 11) is 0. The Hall–Kier alpha value is -3.41. The van der Waals surface area contributed by atoms with Crippen molar-refractivity contribution in [3.8, 4) is 23.0 Å². The van der Waals surface area contributed by atoms with Crippen LogP contribution < -0.4 is 20.7 Å². The third-order valence-electron chi connectivity index (χ3n) is 5.29. The van der Waals surface area contributed by atoms with E-state index in [1.165, 1.54) is 25.1 Å². The van der Waals surface area contributed by atoms with Crippen LogP contribution in [0.1, 0.15) is 55.0 Å². The molecular weight excluding hydrogens is 456 g/mol. The molecule has 2 fully saturated rings. The lowest BCUT2D eigenvalue weighted by atomic mass is 10.2. The number of alkyl halides is 2. The Balaban J connectivity index is 1.60. The standard InChI is InChI=1S/C22H25F2N3O7/c1-11(32-22(25)29)18-17(19(28)27-31-10-13-4-5-13)26-20(34-18)14-6-7-15(33-21(23)24)16(8-14)30-9-12-2-3-12/h6-8,11-13,21H,2-5,9-10H2,1H3,(H2,25,29)(H,27,28)/t11-/m0/s1. The number of nitrogens with two attached hydrogens (primary N) is 1. The third kappa shape index (κ3) is 6.34. The van der Waals surface area contributed by atoms with Gasteiger partial charge >= 0.3 is 12.7 Å². The van der Waals surface area contributed by atoms with E-state index in [0.717, 1.165) is 25.7 Å². The highest BCUT2D eigenvalue weighted by Crippen LogP contribution is 2.37. The van der Waals surface area contributed by atoms with Crippen molar-refractivity contribution in [2.24, 2.45) is 17.6 Å². The van der Waals surface area contributed by atoms with E-state index < -0.39 is 24.7 Å². The monoisotopic (exact) mass is 481 g/mol. The molecule has 1 atom stereocenters. The fraction of sp³-hybridized carbons (Fsp3) is 0.500. The fourth-order valence-electron chi connectivity index (χ4n) is 3.12. The van der Waals surface area contributed by atoms with Crippen LogP contribution in [-0.4, -0.2) is 36.8 Å². The van der Waals surface area contributed by atoms with Crippen LogP contribution in [0.15, 0.2) is 22.6 Å². The zero-order chi connectivity index (χ0) is 24.2. The molecule has 4 rings (SSSR count). The largest absolute Gasteiger partial charge is 0.489 e. The Labute approximate surface area is 193 Å². The van der Waals surface area contributed by atoms with Crippen molar-refractivity contribution >= 4 is 12.0 Å². The summed E-state index contributed by atoms with van der Waals surface area (Å²) >= 11 is 0. The summed E-state index contributed by atoms with van der Waals surface area (Å²) in [6.07, 6.45) is 1.99. The van der Waals surface area contributed by atoms with Crippen molar-refractivity contribution in [3.05, 3.63) is 29.7 Å². The maximum atomic E-state index is 12.8. The van der Waals surface area contributed by atoms with Gasteiger partial charge in [0.25, 0.3) is 5.91 Å². The number of aromatic nitrogens is 1. The first-order valence-corrected chi connectivity index (χ1v) is 10.9. The molecule has 1 heterocycles. The number of hydrogen-bond donors (Lipinski definition) is 2. The van der Waals surface area contributed by atoms with Crippen molar-refractivity contribution in [2.75, 3.05) is 13.2 Å². The summed E-state index contributed by atoms with van der Waals surface area (Å²) in [6, 6.07) is 4.16. The molecule has 2 amide bonds. The van der Waals surface area contributed by atoms with Gasteiger partial charge in [-0.05, 0) is 62.6 Å². The van der Waals surface area contributed by atoms with Crippen molar-refractivity contribution in [2.45, 2.75) is 45.3 Å². The van der Waals surface area contributed by atoms with E-state index in [9.17, 15) is 18.4 Å². The number of ether oxygens (including phenoxy) is 3. The van der Waals surface area contributed by atoms with Gasteiger partial charge in [0.05, 0.1) is 13.2 Å². The van der Waals surface area contributed by atoms with Crippen LogP contribution in [0.2, 0.25) is 0 Å². The normalized spacial score (nSPS) is 16.2. The predicted octanol–water partition coefficient (Wildman–Crippen LogP) is 3.96. The number of primary amides is 1. The van der Waals surface area contributed by atoms with Crippen molar-refractivity contribution < 1.29 is 41.8 Å². The Kier molecular flexibility index (Phi) is 7.15. The van der Waals surface area contributed by atoms with Crippen molar-refractivity contribution in [1.29, 1.82) is 0 Å². The Morgan fingerprint density at radius 2 is 1.88 bits per heavy atom. The van der Waals surface area contributed by atoms with E-state index in [0.29, 0.717) is 30.6 Å². The van der Waals surface area contributed by atoms with Crippen LogP contribution in [0.5, 0.6) is 11.5 Å². The molecular formula is C22H25F2N3O7. The van der Waals surface area contributed by atoms with Gasteiger partial charge in [-0.25, -0.2) is 15.3 Å². The summed E-state index contributed by atoms with van der Waals surface area (Å²) in [6.45, 7) is -0.845. The van der Waals surface area contributed by atoms with Gasteiger partial charge in [0.15, 0.2) is 29.1 Å². The summed E-state index contributed by atoms with van der Waals surface area (Å²) in [4.78, 5) is 33.3. The van der Waals surface area contributed by atoms with Crippen LogP contribution >= 0.6 is 0 Å². The SMILES string of the molecule is C[C@H](OC(N)=O)c1oc(-c2ccc(OC(F)F)c(OCC3CC3)c2)nc1C(=O)NOCC1CC1. The van der Waals surface area contributed by atoms with Gasteiger partial charge in [-0.2, -0.15) is 8.78 Å². The van der Waals surface area contributed by atoms with Gasteiger partial charge < -0.3 is 24.4 Å². The van der Waals surface area contributed by atoms with Gasteiger partial charge in [0, 0.05) is 5.56 Å². The second-order valence-electron chi connectivity index (χ2n) is 8.29. The lowest BCUT2D eigenvalue weighted by Gasteiger charge is -2.13. The van der Waals surface area contributed by atoms with E-state index in [2.05, 4.69) is 15.2 Å². The first-order valence-electron chi connectivity index (χ1n) is 10.9. The molecule has 10 nitrogen and oxygen atoms in total. The number of carbonyl (C=O) groups excluding carboxylic acids is 2. The topological polar surface area (TPSA) is 135 Å². The van der Waals surface area contributed by atoms with E-state index >= 15 is 0 Å². The van der Waals surface area contributed by atoms with Crippen LogP contribution in [0.3, 0.4) is 0 Å². The molecule has 2 aliphatic carbocycles. The second-order valence-corrected chi connectivity index (χ2v) is 8.29. The Morgan fingerprint density at radius 1 is 1.18 bits per heavy atom. The molecule has 0 spiro atoms. The highest BCUT2D eigenvalue weighted by Gasteiger charge is 2.29. The summed E-state index contributed by atoms with van der Waals surface area (Å²) in [5.74, 6) is -0.0557. The number of halogens is 2. The van der Waals surface area contributed by atoms with E-state index in [4.69, 9.17) is 24.5 Å². The Morgan fingerprint density at radius 3 is 2.53 bits per heavy atom. The molecule has 184 valence electrons. The smallest absolute Gasteiger partial charge is 0.405 e. The molecule has 1 aromatic carbocycles. The average Bonchev–Trinajstić information content (AvgIpc) is 3.71. The number of amides is 2. The zero-order valence-corrected chi connectivity index (χ0v) is 18.4. The minimum absolute atomic E-state index is 0.0258. The number of benzene rings is 1. The quantitative estimate of drug-likeness (QED) is 0.435. The lowest BCUT2D eigenvalue weighted by Crippen LogP contribution is -2.27.